The van der Waals surface area contributed by atoms with Crippen molar-refractivity contribution in [2.45, 2.75) is 57.7 Å². The molecule has 13 nitrogen and oxygen atoms in total. The second-order valence-corrected chi connectivity index (χ2v) is 9.06. The van der Waals surface area contributed by atoms with Crippen molar-refractivity contribution in [1.82, 2.24) is 20.9 Å². The number of methoxy groups -OCH3 is 1. The van der Waals surface area contributed by atoms with Gasteiger partial charge in [-0.05, 0) is 51.0 Å². The van der Waals surface area contributed by atoms with Gasteiger partial charge in [0, 0.05) is 32.7 Å². The van der Waals surface area contributed by atoms with Gasteiger partial charge in [-0.2, -0.15) is 0 Å². The predicted molar refractivity (Wildman–Crippen MR) is 136 cm³/mol. The summed E-state index contributed by atoms with van der Waals surface area (Å²) in [7, 11) is 4.36. The molecule has 0 radical (unpaired) electrons. The average Bonchev–Trinajstić information content (AvgIpc) is 3.37. The van der Waals surface area contributed by atoms with Crippen molar-refractivity contribution in [3.63, 3.8) is 0 Å². The molecule has 0 unspecified atom stereocenters. The second-order valence-electron chi connectivity index (χ2n) is 9.06. The molecule has 38 heavy (non-hydrogen) atoms. The largest absolute Gasteiger partial charge is 0.469 e. The highest BCUT2D eigenvalue weighted by atomic mass is 16.6. The van der Waals surface area contributed by atoms with Gasteiger partial charge in [0.05, 0.1) is 13.5 Å². The van der Waals surface area contributed by atoms with Crippen molar-refractivity contribution < 1.29 is 38.2 Å². The van der Waals surface area contributed by atoms with Crippen LogP contribution in [0, 0.1) is 0 Å². The number of esters is 1. The fourth-order valence-corrected chi connectivity index (χ4v) is 3.66. The molecule has 1 heterocycles. The molecular weight excluding hydrogens is 498 g/mol. The lowest BCUT2D eigenvalue weighted by Crippen LogP contribution is -2.54. The fraction of sp³-hybridized carbons (Fsp3) is 0.520. The molecule has 1 saturated heterocycles. The predicted octanol–water partition coefficient (Wildman–Crippen LogP) is 0.321. The number of nitrogens with one attached hydrogen (secondary N) is 3. The highest BCUT2D eigenvalue weighted by Crippen LogP contribution is 2.27. The Hall–Kier alpha value is -4.16. The molecule has 0 spiro atoms. The lowest BCUT2D eigenvalue weighted by atomic mass is 10.1. The molecule has 1 aliphatic rings. The van der Waals surface area contributed by atoms with Crippen LogP contribution in [0.1, 0.15) is 39.5 Å². The Kier molecular flexibility index (Phi) is 11.0. The normalized spacial score (nSPS) is 16.0. The quantitative estimate of drug-likeness (QED) is 0.359. The number of hydrogen-bond acceptors (Lipinski definition) is 9. The van der Waals surface area contributed by atoms with Crippen LogP contribution >= 0.6 is 0 Å². The standard InChI is InChI=1S/C25H35N5O8/c1-15(26-20(31)12-13-21(32)37-5)22(33)27-16(2)23(34)28-24(35)19-7-6-14-30(19)17-8-10-18(11-9-17)38-25(36)29(3)4/h8-11,15-16,19H,6-7,12-14H2,1-5H3,(H,26,31)(H,27,33)(H,28,34,35)/t15-,16-,19-/m0/s1. The molecule has 13 heteroatoms. The first kappa shape index (κ1) is 30.1. The Balaban J connectivity index is 1.88. The monoisotopic (exact) mass is 533 g/mol. The number of rotatable bonds is 10. The van der Waals surface area contributed by atoms with Gasteiger partial charge < -0.3 is 29.9 Å². The van der Waals surface area contributed by atoms with E-state index in [9.17, 15) is 28.8 Å². The summed E-state index contributed by atoms with van der Waals surface area (Å²) in [5, 5.41) is 7.25. The minimum Gasteiger partial charge on any atom is -0.469 e. The maximum Gasteiger partial charge on any atom is 0.414 e. The molecule has 0 bridgehead atoms. The van der Waals surface area contributed by atoms with Crippen LogP contribution in [0.2, 0.25) is 0 Å². The SMILES string of the molecule is COC(=O)CCC(=O)N[C@@H](C)C(=O)N[C@@H](C)C(=O)NC(=O)[C@@H]1CCCN1c1ccc(OC(=O)N(C)C)cc1. The van der Waals surface area contributed by atoms with E-state index in [2.05, 4.69) is 20.7 Å². The number of amides is 5. The van der Waals surface area contributed by atoms with Gasteiger partial charge in [0.1, 0.15) is 23.9 Å². The van der Waals surface area contributed by atoms with Crippen LogP contribution in [0.4, 0.5) is 10.5 Å². The lowest BCUT2D eigenvalue weighted by molar-refractivity contribution is -0.142. The van der Waals surface area contributed by atoms with Crippen molar-refractivity contribution in [3.05, 3.63) is 24.3 Å². The first-order chi connectivity index (χ1) is 17.9. The molecule has 208 valence electrons. The van der Waals surface area contributed by atoms with Crippen molar-refractivity contribution in [2.75, 3.05) is 32.6 Å². The molecule has 0 aromatic heterocycles. The summed E-state index contributed by atoms with van der Waals surface area (Å²) in [6.07, 6.45) is 0.501. The van der Waals surface area contributed by atoms with Crippen molar-refractivity contribution in [3.8, 4) is 5.75 Å². The third kappa shape index (κ3) is 8.75. The number of carbonyl (C=O) groups is 6. The van der Waals surface area contributed by atoms with Gasteiger partial charge in [-0.25, -0.2) is 4.79 Å². The van der Waals surface area contributed by atoms with Gasteiger partial charge in [-0.15, -0.1) is 0 Å². The zero-order valence-electron chi connectivity index (χ0n) is 22.2. The molecule has 1 aromatic carbocycles. The molecule has 0 aliphatic carbocycles. The Bertz CT molecular complexity index is 1040. The van der Waals surface area contributed by atoms with E-state index in [1.54, 1.807) is 38.4 Å². The van der Waals surface area contributed by atoms with Gasteiger partial charge in [-0.1, -0.05) is 0 Å². The van der Waals surface area contributed by atoms with E-state index in [1.807, 2.05) is 4.90 Å². The van der Waals surface area contributed by atoms with Gasteiger partial charge in [0.2, 0.25) is 23.6 Å². The average molecular weight is 534 g/mol. The van der Waals surface area contributed by atoms with Gasteiger partial charge in [0.15, 0.2) is 0 Å². The summed E-state index contributed by atoms with van der Waals surface area (Å²) in [6, 6.07) is 4.12. The first-order valence-electron chi connectivity index (χ1n) is 12.2. The number of hydrogen-bond donors (Lipinski definition) is 3. The Morgan fingerprint density at radius 1 is 0.974 bits per heavy atom. The molecule has 1 aliphatic heterocycles. The van der Waals surface area contributed by atoms with E-state index in [-0.39, 0.29) is 12.8 Å². The van der Waals surface area contributed by atoms with Crippen LogP contribution in [0.15, 0.2) is 24.3 Å². The van der Waals surface area contributed by atoms with Crippen LogP contribution < -0.4 is 25.6 Å². The molecule has 2 rings (SSSR count). The van der Waals surface area contributed by atoms with E-state index in [4.69, 9.17) is 4.74 Å². The Morgan fingerprint density at radius 2 is 1.61 bits per heavy atom. The number of nitrogens with zero attached hydrogens (tertiary/aromatic N) is 2. The van der Waals surface area contributed by atoms with Crippen molar-refractivity contribution in [1.29, 1.82) is 0 Å². The van der Waals surface area contributed by atoms with Gasteiger partial charge in [0.25, 0.3) is 0 Å². The molecule has 3 atom stereocenters. The smallest absolute Gasteiger partial charge is 0.414 e. The zero-order chi connectivity index (χ0) is 28.4. The fourth-order valence-electron chi connectivity index (χ4n) is 3.66. The lowest BCUT2D eigenvalue weighted by Gasteiger charge is -2.26. The zero-order valence-corrected chi connectivity index (χ0v) is 22.2. The van der Waals surface area contributed by atoms with Crippen LogP contribution in [0.5, 0.6) is 5.75 Å². The highest BCUT2D eigenvalue weighted by molar-refractivity contribution is 6.02. The molecular formula is C25H35N5O8. The van der Waals surface area contributed by atoms with Crippen LogP contribution in [0.3, 0.4) is 0 Å². The number of benzene rings is 1. The molecule has 1 aromatic rings. The summed E-state index contributed by atoms with van der Waals surface area (Å²) >= 11 is 0. The molecule has 3 N–H and O–H groups in total. The Morgan fingerprint density at radius 3 is 2.21 bits per heavy atom. The molecule has 5 amide bonds. The van der Waals surface area contributed by atoms with Crippen LogP contribution in [-0.2, 0) is 28.7 Å². The highest BCUT2D eigenvalue weighted by Gasteiger charge is 2.33. The molecule has 0 saturated carbocycles. The van der Waals surface area contributed by atoms with Crippen molar-refractivity contribution >= 4 is 41.4 Å². The number of imide groups is 1. The first-order valence-corrected chi connectivity index (χ1v) is 12.2. The van der Waals surface area contributed by atoms with E-state index in [0.717, 1.165) is 12.1 Å². The van der Waals surface area contributed by atoms with Crippen molar-refractivity contribution in [2.24, 2.45) is 0 Å². The minimum absolute atomic E-state index is 0.121. The summed E-state index contributed by atoms with van der Waals surface area (Å²) in [4.78, 5) is 75.7. The minimum atomic E-state index is -1.04. The number of carbonyl (C=O) groups excluding carboxylic acids is 6. The van der Waals surface area contributed by atoms with Gasteiger partial charge in [-0.3, -0.25) is 29.3 Å². The van der Waals surface area contributed by atoms with Crippen LogP contribution in [0.25, 0.3) is 0 Å². The maximum absolute atomic E-state index is 12.9. The summed E-state index contributed by atoms with van der Waals surface area (Å²) in [5.74, 6) is -2.51. The molecule has 1 fully saturated rings. The number of anilines is 1. The number of ether oxygens (including phenoxy) is 2. The maximum atomic E-state index is 12.9. The summed E-state index contributed by atoms with van der Waals surface area (Å²) in [5.41, 5.74) is 0.734. The van der Waals surface area contributed by atoms with Crippen LogP contribution in [-0.4, -0.2) is 86.5 Å². The third-order valence-corrected chi connectivity index (χ3v) is 5.85. The summed E-state index contributed by atoms with van der Waals surface area (Å²) in [6.45, 7) is 3.46. The van der Waals surface area contributed by atoms with E-state index in [0.29, 0.717) is 18.7 Å². The second kappa shape index (κ2) is 14.0. The van der Waals surface area contributed by atoms with E-state index < -0.39 is 53.8 Å². The van der Waals surface area contributed by atoms with E-state index in [1.165, 1.54) is 25.9 Å². The van der Waals surface area contributed by atoms with E-state index >= 15 is 0 Å². The summed E-state index contributed by atoms with van der Waals surface area (Å²) < 4.78 is 9.68. The Labute approximate surface area is 221 Å². The van der Waals surface area contributed by atoms with Gasteiger partial charge >= 0.3 is 12.1 Å². The topological polar surface area (TPSA) is 163 Å². The third-order valence-electron chi connectivity index (χ3n) is 5.85.